The lowest BCUT2D eigenvalue weighted by Gasteiger charge is -2.10. The summed E-state index contributed by atoms with van der Waals surface area (Å²) in [6.45, 7) is 2.54. The molecule has 158 valence electrons. The van der Waals surface area contributed by atoms with Crippen molar-refractivity contribution in [2.24, 2.45) is 0 Å². The molecule has 0 radical (unpaired) electrons. The van der Waals surface area contributed by atoms with Crippen molar-refractivity contribution >= 4 is 5.91 Å². The molecule has 2 aromatic carbocycles. The van der Waals surface area contributed by atoms with Crippen LogP contribution in [0.4, 0.5) is 0 Å². The predicted molar refractivity (Wildman–Crippen MR) is 112 cm³/mol. The van der Waals surface area contributed by atoms with Crippen LogP contribution in [0.25, 0.3) is 11.4 Å². The van der Waals surface area contributed by atoms with E-state index in [1.165, 1.54) is 11.8 Å². The fourth-order valence-electron chi connectivity index (χ4n) is 2.84. The minimum absolute atomic E-state index is 0.141. The monoisotopic (exact) mass is 411 g/mol. The van der Waals surface area contributed by atoms with Crippen molar-refractivity contribution in [3.05, 3.63) is 48.0 Å². The van der Waals surface area contributed by atoms with Crippen LogP contribution < -0.4 is 18.9 Å². The van der Waals surface area contributed by atoms with Crippen LogP contribution in [-0.2, 0) is 0 Å². The number of carbonyl (C=O) groups is 1. The maximum absolute atomic E-state index is 13.4. The van der Waals surface area contributed by atoms with E-state index in [0.29, 0.717) is 40.8 Å². The lowest BCUT2D eigenvalue weighted by atomic mass is 10.1. The number of hydrogen-bond donors (Lipinski definition) is 0. The van der Waals surface area contributed by atoms with Crippen molar-refractivity contribution in [1.29, 1.82) is 0 Å². The molecular weight excluding hydrogens is 386 g/mol. The van der Waals surface area contributed by atoms with Crippen LogP contribution in [0.3, 0.4) is 0 Å². The molecule has 0 fully saturated rings. The summed E-state index contributed by atoms with van der Waals surface area (Å²) in [6.07, 6.45) is 1.84. The summed E-state index contributed by atoms with van der Waals surface area (Å²) in [5, 5.41) is 4.31. The van der Waals surface area contributed by atoms with E-state index in [9.17, 15) is 4.79 Å². The SMILES string of the molecule is CCCCOc1nc(-c2cccc(OC)c2)n(C(=O)c2ccc(OC)cc2OC)n1. The van der Waals surface area contributed by atoms with Crippen LogP contribution in [0.2, 0.25) is 0 Å². The molecule has 3 rings (SSSR count). The van der Waals surface area contributed by atoms with Gasteiger partial charge in [-0.2, -0.15) is 9.67 Å². The molecule has 0 N–H and O–H groups in total. The third kappa shape index (κ3) is 4.53. The second-order valence-corrected chi connectivity index (χ2v) is 6.44. The Bertz CT molecular complexity index is 1020. The quantitative estimate of drug-likeness (QED) is 0.495. The number of methoxy groups -OCH3 is 3. The molecule has 0 aliphatic carbocycles. The van der Waals surface area contributed by atoms with Gasteiger partial charge in [-0.15, -0.1) is 5.10 Å². The minimum atomic E-state index is -0.398. The minimum Gasteiger partial charge on any atom is -0.497 e. The van der Waals surface area contributed by atoms with E-state index in [1.807, 2.05) is 18.2 Å². The van der Waals surface area contributed by atoms with Gasteiger partial charge in [-0.25, -0.2) is 0 Å². The Morgan fingerprint density at radius 1 is 1.00 bits per heavy atom. The molecule has 0 bridgehead atoms. The first-order valence-electron chi connectivity index (χ1n) is 9.62. The molecule has 30 heavy (non-hydrogen) atoms. The standard InChI is InChI=1S/C22H25N3O5/c1-5-6-12-30-22-23-20(15-8-7-9-16(13-15)27-2)25(24-22)21(26)18-11-10-17(28-3)14-19(18)29-4/h7-11,13-14H,5-6,12H2,1-4H3. The number of ether oxygens (including phenoxy) is 4. The van der Waals surface area contributed by atoms with Crippen molar-refractivity contribution < 1.29 is 23.7 Å². The number of benzene rings is 2. The van der Waals surface area contributed by atoms with Crippen LogP contribution in [0.5, 0.6) is 23.3 Å². The lowest BCUT2D eigenvalue weighted by Crippen LogP contribution is -2.16. The van der Waals surface area contributed by atoms with E-state index < -0.39 is 5.91 Å². The Labute approximate surface area is 175 Å². The largest absolute Gasteiger partial charge is 0.497 e. The summed E-state index contributed by atoms with van der Waals surface area (Å²) in [4.78, 5) is 17.8. The number of carbonyl (C=O) groups excluding carboxylic acids is 1. The highest BCUT2D eigenvalue weighted by atomic mass is 16.5. The smallest absolute Gasteiger partial charge is 0.336 e. The molecule has 0 aliphatic heterocycles. The van der Waals surface area contributed by atoms with E-state index in [2.05, 4.69) is 17.0 Å². The Kier molecular flexibility index (Phi) is 6.90. The van der Waals surface area contributed by atoms with Crippen molar-refractivity contribution in [3.63, 3.8) is 0 Å². The molecule has 0 saturated heterocycles. The average molecular weight is 411 g/mol. The summed E-state index contributed by atoms with van der Waals surface area (Å²) in [6, 6.07) is 12.4. The predicted octanol–water partition coefficient (Wildman–Crippen LogP) is 3.84. The summed E-state index contributed by atoms with van der Waals surface area (Å²) >= 11 is 0. The van der Waals surface area contributed by atoms with Crippen molar-refractivity contribution in [3.8, 4) is 34.6 Å². The van der Waals surface area contributed by atoms with Gasteiger partial charge in [0.05, 0.1) is 33.5 Å². The molecule has 0 aliphatic rings. The van der Waals surface area contributed by atoms with Crippen LogP contribution in [0, 0.1) is 0 Å². The first-order chi connectivity index (χ1) is 14.6. The Hall–Kier alpha value is -3.55. The maximum Gasteiger partial charge on any atom is 0.336 e. The topological polar surface area (TPSA) is 84.7 Å². The van der Waals surface area contributed by atoms with Gasteiger partial charge in [0.25, 0.3) is 5.91 Å². The molecule has 0 atom stereocenters. The van der Waals surface area contributed by atoms with Crippen LogP contribution >= 0.6 is 0 Å². The number of hydrogen-bond acceptors (Lipinski definition) is 7. The zero-order chi connectivity index (χ0) is 21.5. The van der Waals surface area contributed by atoms with Crippen molar-refractivity contribution in [1.82, 2.24) is 14.8 Å². The number of unbranched alkanes of at least 4 members (excludes halogenated alkanes) is 1. The van der Waals surface area contributed by atoms with E-state index in [-0.39, 0.29) is 6.01 Å². The molecule has 8 heteroatoms. The lowest BCUT2D eigenvalue weighted by molar-refractivity contribution is 0.0941. The van der Waals surface area contributed by atoms with Crippen LogP contribution in [0.15, 0.2) is 42.5 Å². The van der Waals surface area contributed by atoms with Crippen LogP contribution in [0.1, 0.15) is 30.1 Å². The van der Waals surface area contributed by atoms with Gasteiger partial charge in [-0.05, 0) is 30.7 Å². The fourth-order valence-corrected chi connectivity index (χ4v) is 2.84. The third-order valence-corrected chi connectivity index (χ3v) is 4.48. The summed E-state index contributed by atoms with van der Waals surface area (Å²) in [5.74, 6) is 1.55. The highest BCUT2D eigenvalue weighted by molar-refractivity contribution is 6.00. The van der Waals surface area contributed by atoms with Gasteiger partial charge in [0.1, 0.15) is 17.2 Å². The normalized spacial score (nSPS) is 10.5. The zero-order valence-corrected chi connectivity index (χ0v) is 17.5. The molecule has 0 unspecified atom stereocenters. The third-order valence-electron chi connectivity index (χ3n) is 4.48. The highest BCUT2D eigenvalue weighted by Crippen LogP contribution is 2.29. The van der Waals surface area contributed by atoms with Gasteiger partial charge >= 0.3 is 6.01 Å². The number of rotatable bonds is 9. The summed E-state index contributed by atoms with van der Waals surface area (Å²) in [7, 11) is 4.63. The van der Waals surface area contributed by atoms with E-state index >= 15 is 0 Å². The molecule has 1 aromatic heterocycles. The Morgan fingerprint density at radius 3 is 2.47 bits per heavy atom. The Balaban J connectivity index is 2.06. The first-order valence-corrected chi connectivity index (χ1v) is 9.62. The molecule has 0 amide bonds. The fraction of sp³-hybridized carbons (Fsp3) is 0.318. The van der Waals surface area contributed by atoms with Gasteiger partial charge < -0.3 is 18.9 Å². The van der Waals surface area contributed by atoms with Gasteiger partial charge in [0, 0.05) is 11.6 Å². The van der Waals surface area contributed by atoms with Gasteiger partial charge in [-0.1, -0.05) is 25.5 Å². The van der Waals surface area contributed by atoms with Gasteiger partial charge in [0.2, 0.25) is 0 Å². The molecule has 0 spiro atoms. The average Bonchev–Trinajstić information content (AvgIpc) is 3.22. The molecule has 1 heterocycles. The Morgan fingerprint density at radius 2 is 1.77 bits per heavy atom. The van der Waals surface area contributed by atoms with Crippen molar-refractivity contribution in [2.75, 3.05) is 27.9 Å². The molecule has 8 nitrogen and oxygen atoms in total. The maximum atomic E-state index is 13.4. The van der Waals surface area contributed by atoms with E-state index in [1.54, 1.807) is 38.5 Å². The van der Waals surface area contributed by atoms with Crippen LogP contribution in [-0.4, -0.2) is 48.6 Å². The van der Waals surface area contributed by atoms with Gasteiger partial charge in [0.15, 0.2) is 5.82 Å². The summed E-state index contributed by atoms with van der Waals surface area (Å²) in [5.41, 5.74) is 1.00. The summed E-state index contributed by atoms with van der Waals surface area (Å²) < 4.78 is 22.8. The zero-order valence-electron chi connectivity index (χ0n) is 17.5. The van der Waals surface area contributed by atoms with E-state index in [0.717, 1.165) is 12.8 Å². The number of aromatic nitrogens is 3. The van der Waals surface area contributed by atoms with Gasteiger partial charge in [-0.3, -0.25) is 4.79 Å². The second kappa shape index (κ2) is 9.78. The van der Waals surface area contributed by atoms with Crippen molar-refractivity contribution in [2.45, 2.75) is 19.8 Å². The number of nitrogens with zero attached hydrogens (tertiary/aromatic N) is 3. The molecule has 3 aromatic rings. The van der Waals surface area contributed by atoms with E-state index in [4.69, 9.17) is 18.9 Å². The first kappa shape index (κ1) is 21.2. The highest BCUT2D eigenvalue weighted by Gasteiger charge is 2.23. The second-order valence-electron chi connectivity index (χ2n) is 6.44. The molecular formula is C22H25N3O5. The molecule has 0 saturated carbocycles.